The zero-order valence-electron chi connectivity index (χ0n) is 17.1. The number of ether oxygens (including phenoxy) is 1. The highest BCUT2D eigenvalue weighted by atomic mass is 16.5. The van der Waals surface area contributed by atoms with Crippen LogP contribution < -0.4 is 10.2 Å². The van der Waals surface area contributed by atoms with Gasteiger partial charge in [0.2, 0.25) is 11.6 Å². The lowest BCUT2D eigenvalue weighted by Gasteiger charge is -2.31. The van der Waals surface area contributed by atoms with E-state index in [4.69, 9.17) is 9.15 Å². The Bertz CT molecular complexity index is 754. The van der Waals surface area contributed by atoms with Crippen LogP contribution in [0.2, 0.25) is 0 Å². The molecule has 0 bridgehead atoms. The van der Waals surface area contributed by atoms with Gasteiger partial charge in [-0.1, -0.05) is 19.3 Å². The highest BCUT2D eigenvalue weighted by Gasteiger charge is 2.25. The van der Waals surface area contributed by atoms with E-state index < -0.39 is 0 Å². The minimum atomic E-state index is 0.133. The van der Waals surface area contributed by atoms with Gasteiger partial charge in [-0.25, -0.2) is 4.98 Å². The molecule has 7 nitrogen and oxygen atoms in total. The Kier molecular flexibility index (Phi) is 6.98. The number of carbonyl (C=O) groups excluding carboxylic acids is 1. The van der Waals surface area contributed by atoms with Crippen LogP contribution in [0.1, 0.15) is 57.8 Å². The third-order valence-corrected chi connectivity index (χ3v) is 5.97. The van der Waals surface area contributed by atoms with Crippen LogP contribution >= 0.6 is 0 Å². The summed E-state index contributed by atoms with van der Waals surface area (Å²) in [7, 11) is 0. The first kappa shape index (κ1) is 20.1. The summed E-state index contributed by atoms with van der Waals surface area (Å²) < 4.78 is 11.8. The van der Waals surface area contributed by atoms with Gasteiger partial charge < -0.3 is 19.4 Å². The third-order valence-electron chi connectivity index (χ3n) is 5.97. The fourth-order valence-electron chi connectivity index (χ4n) is 4.41. The molecule has 29 heavy (non-hydrogen) atoms. The zero-order valence-corrected chi connectivity index (χ0v) is 17.1. The number of piperidine rings is 1. The first-order valence-electron chi connectivity index (χ1n) is 11.1. The predicted molar refractivity (Wildman–Crippen MR) is 112 cm³/mol. The predicted octanol–water partition coefficient (Wildman–Crippen LogP) is 3.68. The Balaban J connectivity index is 1.16. The number of carbonyl (C=O) groups is 1. The lowest BCUT2D eigenvalue weighted by molar-refractivity contribution is -0.122. The van der Waals surface area contributed by atoms with Crippen LogP contribution in [0.5, 0.6) is 0 Å². The molecule has 0 spiro atoms. The maximum atomic E-state index is 12.3. The first-order chi connectivity index (χ1) is 14.3. The molecule has 1 N–H and O–H groups in total. The van der Waals surface area contributed by atoms with Gasteiger partial charge in [0.05, 0.1) is 6.10 Å². The molecule has 2 aromatic rings. The number of amides is 1. The molecule has 4 rings (SSSR count). The molecule has 1 aliphatic carbocycles. The van der Waals surface area contributed by atoms with Crippen molar-refractivity contribution < 1.29 is 13.9 Å². The molecule has 158 valence electrons. The summed E-state index contributed by atoms with van der Waals surface area (Å²) in [4.78, 5) is 23.2. The Morgan fingerprint density at radius 1 is 1.24 bits per heavy atom. The summed E-state index contributed by atoms with van der Waals surface area (Å²) in [6.45, 7) is 3.14. The molecule has 1 amide bonds. The molecule has 1 saturated heterocycles. The monoisotopic (exact) mass is 400 g/mol. The number of hydrogen-bond donors (Lipinski definition) is 1. The van der Waals surface area contributed by atoms with Gasteiger partial charge in [0, 0.05) is 38.9 Å². The molecule has 1 atom stereocenters. The maximum Gasteiger partial charge on any atom is 0.299 e. The Morgan fingerprint density at radius 3 is 3.00 bits per heavy atom. The Morgan fingerprint density at radius 2 is 2.14 bits per heavy atom. The van der Waals surface area contributed by atoms with Crippen molar-refractivity contribution in [2.75, 3.05) is 31.1 Å². The van der Waals surface area contributed by atoms with Gasteiger partial charge in [-0.15, -0.1) is 0 Å². The van der Waals surface area contributed by atoms with Crippen molar-refractivity contribution in [3.05, 3.63) is 18.3 Å². The number of nitrogens with zero attached hydrogens (tertiary/aromatic N) is 3. The normalized spacial score (nSPS) is 20.8. The van der Waals surface area contributed by atoms with Crippen LogP contribution in [-0.4, -0.2) is 48.2 Å². The van der Waals surface area contributed by atoms with Gasteiger partial charge in [-0.05, 0) is 50.2 Å². The van der Waals surface area contributed by atoms with Crippen molar-refractivity contribution in [1.29, 1.82) is 0 Å². The fourth-order valence-corrected chi connectivity index (χ4v) is 4.41. The van der Waals surface area contributed by atoms with Crippen LogP contribution in [0.25, 0.3) is 11.2 Å². The molecule has 3 heterocycles. The molecular weight excluding hydrogens is 368 g/mol. The number of anilines is 1. The van der Waals surface area contributed by atoms with Crippen LogP contribution in [0, 0.1) is 5.92 Å². The second-order valence-electron chi connectivity index (χ2n) is 8.31. The van der Waals surface area contributed by atoms with Crippen LogP contribution in [0.4, 0.5) is 6.01 Å². The van der Waals surface area contributed by atoms with E-state index in [1.54, 1.807) is 6.20 Å². The van der Waals surface area contributed by atoms with Gasteiger partial charge in [0.15, 0.2) is 5.58 Å². The number of fused-ring (bicyclic) bond motifs is 1. The highest BCUT2D eigenvalue weighted by Crippen LogP contribution is 2.27. The van der Waals surface area contributed by atoms with E-state index in [0.717, 1.165) is 39.0 Å². The van der Waals surface area contributed by atoms with Crippen molar-refractivity contribution in [2.45, 2.75) is 63.9 Å². The molecule has 1 unspecified atom stereocenters. The summed E-state index contributed by atoms with van der Waals surface area (Å²) in [5.41, 5.74) is 1.34. The second kappa shape index (κ2) is 10.1. The Labute approximate surface area is 172 Å². The number of pyridine rings is 1. The minimum Gasteiger partial charge on any atom is -0.422 e. The molecule has 7 heteroatoms. The van der Waals surface area contributed by atoms with Crippen LogP contribution in [0.3, 0.4) is 0 Å². The van der Waals surface area contributed by atoms with Crippen molar-refractivity contribution in [1.82, 2.24) is 15.3 Å². The molecule has 0 aromatic carbocycles. The fraction of sp³-hybridized carbons (Fsp3) is 0.682. The lowest BCUT2D eigenvalue weighted by Crippen LogP contribution is -2.38. The van der Waals surface area contributed by atoms with Gasteiger partial charge in [0.25, 0.3) is 6.01 Å². The van der Waals surface area contributed by atoms with E-state index in [1.807, 2.05) is 12.1 Å². The number of hydrogen-bond acceptors (Lipinski definition) is 6. The van der Waals surface area contributed by atoms with Gasteiger partial charge >= 0.3 is 0 Å². The number of aromatic nitrogens is 2. The molecule has 1 aliphatic heterocycles. The number of rotatable bonds is 8. The molecule has 2 fully saturated rings. The summed E-state index contributed by atoms with van der Waals surface area (Å²) in [6, 6.07) is 4.34. The van der Waals surface area contributed by atoms with E-state index in [1.165, 1.54) is 32.1 Å². The third kappa shape index (κ3) is 5.69. The van der Waals surface area contributed by atoms with Crippen molar-refractivity contribution in [3.8, 4) is 0 Å². The second-order valence-corrected chi connectivity index (χ2v) is 8.31. The van der Waals surface area contributed by atoms with E-state index in [9.17, 15) is 4.79 Å². The molecule has 2 aliphatic rings. The van der Waals surface area contributed by atoms with Crippen molar-refractivity contribution in [2.24, 2.45) is 5.92 Å². The summed E-state index contributed by atoms with van der Waals surface area (Å²) in [5, 5.41) is 3.06. The summed E-state index contributed by atoms with van der Waals surface area (Å²) in [6.07, 6.45) is 12.0. The molecular formula is C22H32N4O3. The number of nitrogens with one attached hydrogen (secondary N) is 1. The van der Waals surface area contributed by atoms with Crippen molar-refractivity contribution >= 4 is 23.2 Å². The minimum absolute atomic E-state index is 0.133. The topological polar surface area (TPSA) is 80.5 Å². The first-order valence-corrected chi connectivity index (χ1v) is 11.1. The largest absolute Gasteiger partial charge is 0.422 e. The van der Waals surface area contributed by atoms with Gasteiger partial charge in [-0.3, -0.25) is 4.79 Å². The summed E-state index contributed by atoms with van der Waals surface area (Å²) in [5.74, 6) is 0.457. The van der Waals surface area contributed by atoms with E-state index in [-0.39, 0.29) is 5.91 Å². The highest BCUT2D eigenvalue weighted by molar-refractivity contribution is 5.76. The average Bonchev–Trinajstić information content (AvgIpc) is 3.19. The van der Waals surface area contributed by atoms with E-state index >= 15 is 0 Å². The number of oxazole rings is 1. The van der Waals surface area contributed by atoms with Crippen LogP contribution in [0.15, 0.2) is 22.7 Å². The quantitative estimate of drug-likeness (QED) is 0.681. The van der Waals surface area contributed by atoms with Gasteiger partial charge in [-0.2, -0.15) is 4.98 Å². The molecule has 0 radical (unpaired) electrons. The summed E-state index contributed by atoms with van der Waals surface area (Å²) >= 11 is 0. The molecule has 1 saturated carbocycles. The average molecular weight is 401 g/mol. The van der Waals surface area contributed by atoms with E-state index in [0.29, 0.717) is 42.2 Å². The zero-order chi connectivity index (χ0) is 19.9. The SMILES string of the molecule is O=C(CC1CCCN(c2nc3ncccc3o2)C1)NCCCOC1CCCCC1. The van der Waals surface area contributed by atoms with E-state index in [2.05, 4.69) is 20.2 Å². The lowest BCUT2D eigenvalue weighted by atomic mass is 9.94. The smallest absolute Gasteiger partial charge is 0.299 e. The van der Waals surface area contributed by atoms with Gasteiger partial charge in [0.1, 0.15) is 0 Å². The molecule has 2 aromatic heterocycles. The maximum absolute atomic E-state index is 12.3. The standard InChI is InChI=1S/C22H32N4O3/c27-20(23-12-6-14-28-18-8-2-1-3-9-18)15-17-7-5-13-26(16-17)22-25-21-19(29-22)10-4-11-24-21/h4,10-11,17-18H,1-3,5-9,12-16H2,(H,23,27). The Hall–Kier alpha value is -2.15. The van der Waals surface area contributed by atoms with Crippen LogP contribution in [-0.2, 0) is 9.53 Å². The van der Waals surface area contributed by atoms with Crippen molar-refractivity contribution in [3.63, 3.8) is 0 Å².